The number of rotatable bonds is 6. The van der Waals surface area contributed by atoms with Gasteiger partial charge in [0, 0.05) is 38.3 Å². The molecule has 7 heteroatoms. The van der Waals surface area contributed by atoms with Gasteiger partial charge in [0.25, 0.3) is 15.9 Å². The van der Waals surface area contributed by atoms with E-state index in [4.69, 9.17) is 0 Å². The molecule has 0 atom stereocenters. The van der Waals surface area contributed by atoms with Crippen LogP contribution in [0.25, 0.3) is 10.8 Å². The lowest BCUT2D eigenvalue weighted by Gasteiger charge is -2.35. The number of anilines is 1. The average Bonchev–Trinajstić information content (AvgIpc) is 2.79. The van der Waals surface area contributed by atoms with E-state index in [-0.39, 0.29) is 10.8 Å². The van der Waals surface area contributed by atoms with Crippen molar-refractivity contribution < 1.29 is 13.2 Å². The molecule has 1 amide bonds. The fraction of sp³-hybridized carbons (Fsp3) is 0.346. The zero-order valence-corrected chi connectivity index (χ0v) is 20.2. The maximum absolute atomic E-state index is 13.1. The van der Waals surface area contributed by atoms with Crippen molar-refractivity contribution >= 4 is 32.4 Å². The summed E-state index contributed by atoms with van der Waals surface area (Å²) < 4.78 is 28.9. The van der Waals surface area contributed by atoms with Gasteiger partial charge in [-0.3, -0.25) is 14.4 Å². The maximum atomic E-state index is 13.1. The van der Waals surface area contributed by atoms with E-state index in [0.717, 1.165) is 36.0 Å². The number of hydrogen-bond acceptors (Lipinski definition) is 4. The van der Waals surface area contributed by atoms with Crippen LogP contribution in [0, 0.1) is 12.8 Å². The van der Waals surface area contributed by atoms with Gasteiger partial charge in [0.2, 0.25) is 0 Å². The van der Waals surface area contributed by atoms with Gasteiger partial charge in [0.15, 0.2) is 0 Å². The molecule has 33 heavy (non-hydrogen) atoms. The summed E-state index contributed by atoms with van der Waals surface area (Å²) in [6, 6.07) is 17.9. The van der Waals surface area contributed by atoms with Gasteiger partial charge in [-0.15, -0.1) is 0 Å². The smallest absolute Gasteiger partial charge is 0.261 e. The lowest BCUT2D eigenvalue weighted by molar-refractivity contribution is 0.0624. The molecule has 4 rings (SSSR count). The van der Waals surface area contributed by atoms with Gasteiger partial charge in [-0.2, -0.15) is 0 Å². The number of hydrogen-bond donors (Lipinski definition) is 1. The summed E-state index contributed by atoms with van der Waals surface area (Å²) in [6.07, 6.45) is 0. The molecule has 0 unspecified atom stereocenters. The van der Waals surface area contributed by atoms with Crippen molar-refractivity contribution in [1.82, 2.24) is 9.80 Å². The van der Waals surface area contributed by atoms with Crippen LogP contribution in [0.1, 0.15) is 29.8 Å². The zero-order chi connectivity index (χ0) is 23.6. The van der Waals surface area contributed by atoms with Crippen molar-refractivity contribution in [3.8, 4) is 0 Å². The molecule has 1 fully saturated rings. The van der Waals surface area contributed by atoms with Gasteiger partial charge in [-0.1, -0.05) is 50.2 Å². The second-order valence-electron chi connectivity index (χ2n) is 9.13. The summed E-state index contributed by atoms with van der Waals surface area (Å²) in [5.74, 6) is 0.535. The van der Waals surface area contributed by atoms with Gasteiger partial charge in [-0.05, 0) is 53.4 Å². The Morgan fingerprint density at radius 3 is 2.33 bits per heavy atom. The van der Waals surface area contributed by atoms with E-state index in [0.29, 0.717) is 30.3 Å². The fourth-order valence-electron chi connectivity index (χ4n) is 4.24. The molecule has 3 aromatic carbocycles. The minimum absolute atomic E-state index is 0.0645. The average molecular weight is 466 g/mol. The first kappa shape index (κ1) is 23.3. The third-order valence-corrected chi connectivity index (χ3v) is 7.41. The van der Waals surface area contributed by atoms with Crippen LogP contribution in [0.2, 0.25) is 0 Å². The highest BCUT2D eigenvalue weighted by atomic mass is 32.2. The van der Waals surface area contributed by atoms with E-state index < -0.39 is 10.0 Å². The lowest BCUT2D eigenvalue weighted by atomic mass is 10.1. The van der Waals surface area contributed by atoms with Crippen molar-refractivity contribution in [2.45, 2.75) is 25.7 Å². The Hall–Kier alpha value is -2.90. The molecule has 1 saturated heterocycles. The Labute approximate surface area is 196 Å². The van der Waals surface area contributed by atoms with Crippen molar-refractivity contribution in [2.75, 3.05) is 37.4 Å². The molecular weight excluding hydrogens is 434 g/mol. The number of carbonyl (C=O) groups excluding carboxylic acids is 1. The van der Waals surface area contributed by atoms with Crippen molar-refractivity contribution in [1.29, 1.82) is 0 Å². The van der Waals surface area contributed by atoms with Crippen LogP contribution < -0.4 is 4.72 Å². The minimum atomic E-state index is -3.80. The molecule has 1 N–H and O–H groups in total. The Bertz CT molecular complexity index is 1260. The van der Waals surface area contributed by atoms with Gasteiger partial charge in [0.05, 0.1) is 10.6 Å². The number of benzene rings is 3. The van der Waals surface area contributed by atoms with Crippen LogP contribution in [-0.2, 0) is 10.0 Å². The SMILES string of the molecule is Cc1ccc(C(=O)N2CCN(CC(C)C)CC2)cc1NS(=O)(=O)c1ccc2ccccc2c1. The number of nitrogens with one attached hydrogen (secondary N) is 1. The van der Waals surface area contributed by atoms with E-state index in [1.165, 1.54) is 0 Å². The minimum Gasteiger partial charge on any atom is -0.336 e. The van der Waals surface area contributed by atoms with Gasteiger partial charge >= 0.3 is 0 Å². The summed E-state index contributed by atoms with van der Waals surface area (Å²) in [5, 5.41) is 1.84. The predicted octanol–water partition coefficient (Wildman–Crippen LogP) is 4.36. The summed E-state index contributed by atoms with van der Waals surface area (Å²) in [4.78, 5) is 17.5. The van der Waals surface area contributed by atoms with Crippen LogP contribution in [-0.4, -0.2) is 56.8 Å². The summed E-state index contributed by atoms with van der Waals surface area (Å²) in [6.45, 7) is 10.3. The molecule has 0 bridgehead atoms. The van der Waals surface area contributed by atoms with E-state index in [1.54, 1.807) is 36.4 Å². The monoisotopic (exact) mass is 465 g/mol. The third kappa shape index (κ3) is 5.37. The fourth-order valence-corrected chi connectivity index (χ4v) is 5.39. The largest absolute Gasteiger partial charge is 0.336 e. The number of nitrogens with zero attached hydrogens (tertiary/aromatic N) is 2. The van der Waals surface area contributed by atoms with Crippen LogP contribution in [0.15, 0.2) is 65.6 Å². The predicted molar refractivity (Wildman–Crippen MR) is 133 cm³/mol. The van der Waals surface area contributed by atoms with Gasteiger partial charge in [0.1, 0.15) is 0 Å². The number of fused-ring (bicyclic) bond motifs is 1. The Kier molecular flexibility index (Phi) is 6.72. The first-order valence-corrected chi connectivity index (χ1v) is 12.8. The third-order valence-electron chi connectivity index (χ3n) is 6.04. The van der Waals surface area contributed by atoms with Crippen molar-refractivity contribution in [2.24, 2.45) is 5.92 Å². The second kappa shape index (κ2) is 9.53. The molecule has 3 aromatic rings. The second-order valence-corrected chi connectivity index (χ2v) is 10.8. The molecule has 174 valence electrons. The first-order valence-electron chi connectivity index (χ1n) is 11.4. The van der Waals surface area contributed by atoms with E-state index in [1.807, 2.05) is 36.1 Å². The molecule has 0 aliphatic carbocycles. The summed E-state index contributed by atoms with van der Waals surface area (Å²) in [7, 11) is -3.80. The molecule has 1 heterocycles. The molecular formula is C26H31N3O3S. The van der Waals surface area contributed by atoms with Crippen LogP contribution in [0.3, 0.4) is 0 Å². The van der Waals surface area contributed by atoms with Gasteiger partial charge in [-0.25, -0.2) is 8.42 Å². The molecule has 0 radical (unpaired) electrons. The van der Waals surface area contributed by atoms with E-state index in [2.05, 4.69) is 23.5 Å². The highest BCUT2D eigenvalue weighted by Gasteiger charge is 2.23. The Morgan fingerprint density at radius 1 is 0.939 bits per heavy atom. The quantitative estimate of drug-likeness (QED) is 0.587. The van der Waals surface area contributed by atoms with Crippen molar-refractivity contribution in [3.63, 3.8) is 0 Å². The van der Waals surface area contributed by atoms with Crippen LogP contribution in [0.4, 0.5) is 5.69 Å². The molecule has 0 aromatic heterocycles. The normalized spacial score (nSPS) is 15.2. The van der Waals surface area contributed by atoms with Crippen LogP contribution >= 0.6 is 0 Å². The van der Waals surface area contributed by atoms with E-state index in [9.17, 15) is 13.2 Å². The molecule has 0 saturated carbocycles. The highest BCUT2D eigenvalue weighted by Crippen LogP contribution is 2.25. The summed E-state index contributed by atoms with van der Waals surface area (Å²) >= 11 is 0. The van der Waals surface area contributed by atoms with Crippen LogP contribution in [0.5, 0.6) is 0 Å². The summed E-state index contributed by atoms with van der Waals surface area (Å²) in [5.41, 5.74) is 1.68. The molecule has 1 aliphatic rings. The number of piperazine rings is 1. The number of aryl methyl sites for hydroxylation is 1. The maximum Gasteiger partial charge on any atom is 0.261 e. The van der Waals surface area contributed by atoms with Crippen molar-refractivity contribution in [3.05, 3.63) is 71.8 Å². The number of sulfonamides is 1. The Balaban J connectivity index is 1.51. The molecule has 6 nitrogen and oxygen atoms in total. The molecule has 1 aliphatic heterocycles. The first-order chi connectivity index (χ1) is 15.7. The standard InChI is InChI=1S/C26H31N3O3S/c1-19(2)18-28-12-14-29(15-13-28)26(30)23-9-8-20(3)25(17-23)27-33(31,32)24-11-10-21-6-4-5-7-22(21)16-24/h4-11,16-17,19,27H,12-15,18H2,1-3H3. The number of carbonyl (C=O) groups is 1. The number of amides is 1. The Morgan fingerprint density at radius 2 is 1.64 bits per heavy atom. The van der Waals surface area contributed by atoms with E-state index >= 15 is 0 Å². The lowest BCUT2D eigenvalue weighted by Crippen LogP contribution is -2.49. The topological polar surface area (TPSA) is 69.7 Å². The highest BCUT2D eigenvalue weighted by molar-refractivity contribution is 7.92. The molecule has 0 spiro atoms. The van der Waals surface area contributed by atoms with Gasteiger partial charge < -0.3 is 4.90 Å². The zero-order valence-electron chi connectivity index (χ0n) is 19.4.